The summed E-state index contributed by atoms with van der Waals surface area (Å²) in [4.78, 5) is 51.2. The van der Waals surface area contributed by atoms with Crippen molar-refractivity contribution in [2.45, 2.75) is 92.8 Å². The number of carbonyl (C=O) groups excluding carboxylic acids is 3. The van der Waals surface area contributed by atoms with E-state index >= 15 is 0 Å². The van der Waals surface area contributed by atoms with Crippen LogP contribution in [0.2, 0.25) is 0 Å². The van der Waals surface area contributed by atoms with Crippen LogP contribution in [0.1, 0.15) is 91.2 Å². The number of rotatable bonds is 13. The van der Waals surface area contributed by atoms with Crippen LogP contribution in [0.3, 0.4) is 0 Å². The average molecular weight is 603 g/mol. The number of alkyl carbamates (subject to hydrolysis) is 1. The van der Waals surface area contributed by atoms with E-state index in [2.05, 4.69) is 20.9 Å². The number of anilines is 1. The first-order valence-corrected chi connectivity index (χ1v) is 14.6. The lowest BCUT2D eigenvalue weighted by atomic mass is 9.95. The smallest absolute Gasteiger partial charge is 0.407 e. The van der Waals surface area contributed by atoms with Crippen LogP contribution in [0, 0.1) is 11.3 Å². The molecule has 12 heteroatoms. The summed E-state index contributed by atoms with van der Waals surface area (Å²) in [5, 5.41) is 18.4. The van der Waals surface area contributed by atoms with Crippen LogP contribution in [-0.2, 0) is 21.5 Å². The molecule has 240 valence electrons. The second-order valence-electron chi connectivity index (χ2n) is 13.9. The van der Waals surface area contributed by atoms with Gasteiger partial charge in [-0.05, 0) is 38.8 Å². The van der Waals surface area contributed by atoms with Crippen molar-refractivity contribution in [1.82, 2.24) is 25.5 Å². The van der Waals surface area contributed by atoms with Crippen molar-refractivity contribution in [1.29, 1.82) is 0 Å². The molecule has 2 heterocycles. The van der Waals surface area contributed by atoms with Crippen LogP contribution in [0.25, 0.3) is 0 Å². The molecule has 0 aliphatic heterocycles. The van der Waals surface area contributed by atoms with Crippen molar-refractivity contribution >= 4 is 23.7 Å². The van der Waals surface area contributed by atoms with Gasteiger partial charge >= 0.3 is 6.09 Å². The number of ether oxygens (including phenoxy) is 1. The molecule has 3 amide bonds. The van der Waals surface area contributed by atoms with E-state index in [1.807, 2.05) is 54.5 Å². The number of amides is 3. The molecule has 2 rings (SSSR count). The van der Waals surface area contributed by atoms with E-state index in [0.717, 1.165) is 0 Å². The van der Waals surface area contributed by atoms with Gasteiger partial charge in [0.1, 0.15) is 34.6 Å². The van der Waals surface area contributed by atoms with Crippen molar-refractivity contribution in [2.75, 3.05) is 31.6 Å². The second kappa shape index (κ2) is 14.7. The molecule has 43 heavy (non-hydrogen) atoms. The molecule has 0 fully saturated rings. The number of furan rings is 1. The molecule has 0 aromatic carbocycles. The number of nitrogens with one attached hydrogen (secondary N) is 3. The van der Waals surface area contributed by atoms with E-state index in [-0.39, 0.29) is 49.7 Å². The van der Waals surface area contributed by atoms with E-state index in [0.29, 0.717) is 17.4 Å². The maximum atomic E-state index is 14.3. The number of nitrogens with zero attached hydrogens (tertiary/aromatic N) is 3. The Labute approximate surface area is 255 Å². The summed E-state index contributed by atoms with van der Waals surface area (Å²) in [5.74, 6) is 0.500. The highest BCUT2D eigenvalue weighted by Gasteiger charge is 2.35. The topological polar surface area (TPSA) is 159 Å². The van der Waals surface area contributed by atoms with Crippen molar-refractivity contribution < 1.29 is 28.6 Å². The lowest BCUT2D eigenvalue weighted by molar-refractivity contribution is -0.126. The van der Waals surface area contributed by atoms with Crippen molar-refractivity contribution in [3.05, 3.63) is 41.7 Å². The molecule has 1 atom stereocenters. The maximum absolute atomic E-state index is 14.3. The molecule has 0 aliphatic rings. The Balaban J connectivity index is 2.53. The third kappa shape index (κ3) is 11.5. The number of aliphatic hydroxyl groups is 1. The zero-order valence-electron chi connectivity index (χ0n) is 27.3. The summed E-state index contributed by atoms with van der Waals surface area (Å²) < 4.78 is 10.8. The lowest BCUT2D eigenvalue weighted by Crippen LogP contribution is -2.57. The van der Waals surface area contributed by atoms with Crippen LogP contribution in [0.5, 0.6) is 0 Å². The molecule has 0 bridgehead atoms. The van der Waals surface area contributed by atoms with Crippen molar-refractivity contribution in [2.24, 2.45) is 11.3 Å². The van der Waals surface area contributed by atoms with Gasteiger partial charge in [0.15, 0.2) is 0 Å². The highest BCUT2D eigenvalue weighted by Crippen LogP contribution is 2.24. The Bertz CT molecular complexity index is 1210. The molecule has 0 unspecified atom stereocenters. The van der Waals surface area contributed by atoms with E-state index in [9.17, 15) is 19.5 Å². The Morgan fingerprint density at radius 2 is 1.74 bits per heavy atom. The van der Waals surface area contributed by atoms with Gasteiger partial charge in [-0.2, -0.15) is 0 Å². The van der Waals surface area contributed by atoms with Crippen LogP contribution in [0.4, 0.5) is 10.6 Å². The van der Waals surface area contributed by atoms with Crippen molar-refractivity contribution in [3.8, 4) is 0 Å². The lowest BCUT2D eigenvalue weighted by Gasteiger charge is -2.34. The molecular formula is C31H50N6O6. The van der Waals surface area contributed by atoms with Crippen LogP contribution >= 0.6 is 0 Å². The van der Waals surface area contributed by atoms with E-state index < -0.39 is 35.0 Å². The first kappa shape index (κ1) is 35.5. The van der Waals surface area contributed by atoms with E-state index in [1.165, 1.54) is 11.1 Å². The van der Waals surface area contributed by atoms with Crippen LogP contribution < -0.4 is 16.0 Å². The quantitative estimate of drug-likeness (QED) is 0.265. The first-order chi connectivity index (χ1) is 19.8. The number of hydrogen-bond donors (Lipinski definition) is 4. The molecule has 0 aliphatic carbocycles. The fourth-order valence-electron chi connectivity index (χ4n) is 3.86. The zero-order chi connectivity index (χ0) is 32.6. The standard InChI is InChI=1S/C31H50N6O6/c1-20(2)17-37(23(16-34-28(41)43-30(6,7)8)25(39)35-18-31(9,10)19-38)26(40)22-15-33-27(29(3,4)5)36-24(22)32-14-21-12-11-13-42-21/h11-13,15,20,23,38H,14,16-19H2,1-10H3,(H,34,41)(H,35,39)(H,32,33,36)/t23-/m0/s1. The summed E-state index contributed by atoms with van der Waals surface area (Å²) in [6, 6.07) is 2.48. The molecule has 4 N–H and O–H groups in total. The van der Waals surface area contributed by atoms with Crippen LogP contribution in [-0.4, -0.2) is 75.8 Å². The maximum Gasteiger partial charge on any atom is 0.407 e. The summed E-state index contributed by atoms with van der Waals surface area (Å²) in [6.07, 6.45) is 2.32. The Kier molecular flexibility index (Phi) is 12.1. The predicted octanol–water partition coefficient (Wildman–Crippen LogP) is 4.11. The predicted molar refractivity (Wildman–Crippen MR) is 165 cm³/mol. The van der Waals surface area contributed by atoms with Gasteiger partial charge in [0.2, 0.25) is 5.91 Å². The normalized spacial score (nSPS) is 12.9. The Morgan fingerprint density at radius 3 is 2.28 bits per heavy atom. The van der Waals surface area contributed by atoms with Gasteiger partial charge in [0, 0.05) is 36.7 Å². The minimum absolute atomic E-state index is 0.0241. The molecule has 2 aromatic heterocycles. The average Bonchev–Trinajstić information content (AvgIpc) is 3.41. The number of aromatic nitrogens is 2. The van der Waals surface area contributed by atoms with Crippen molar-refractivity contribution in [3.63, 3.8) is 0 Å². The fraction of sp³-hybridized carbons (Fsp3) is 0.645. The highest BCUT2D eigenvalue weighted by molar-refractivity contribution is 6.01. The summed E-state index contributed by atoms with van der Waals surface area (Å²) in [7, 11) is 0. The van der Waals surface area contributed by atoms with E-state index in [1.54, 1.807) is 33.1 Å². The number of aliphatic hydroxyl groups excluding tert-OH is 1. The minimum atomic E-state index is -1.10. The molecule has 0 spiro atoms. The Morgan fingerprint density at radius 1 is 1.07 bits per heavy atom. The molecular weight excluding hydrogens is 552 g/mol. The Hall–Kier alpha value is -3.67. The van der Waals surface area contributed by atoms with E-state index in [4.69, 9.17) is 14.1 Å². The van der Waals surface area contributed by atoms with Gasteiger partial charge in [-0.1, -0.05) is 48.5 Å². The van der Waals surface area contributed by atoms with Crippen LogP contribution in [0.15, 0.2) is 29.0 Å². The summed E-state index contributed by atoms with van der Waals surface area (Å²) in [6.45, 7) is 18.9. The zero-order valence-corrected chi connectivity index (χ0v) is 27.3. The summed E-state index contributed by atoms with van der Waals surface area (Å²) in [5.41, 5.74) is -1.56. The van der Waals surface area contributed by atoms with Gasteiger partial charge in [-0.3, -0.25) is 9.59 Å². The fourth-order valence-corrected chi connectivity index (χ4v) is 3.86. The third-order valence-corrected chi connectivity index (χ3v) is 6.21. The number of hydrogen-bond acceptors (Lipinski definition) is 9. The molecule has 0 saturated carbocycles. The van der Waals surface area contributed by atoms with Gasteiger partial charge < -0.3 is 35.1 Å². The SMILES string of the molecule is CC(C)CN(C(=O)c1cnc(C(C)(C)C)nc1NCc1ccco1)[C@@H](CNC(=O)OC(C)(C)C)C(=O)NCC(C)(C)CO. The van der Waals surface area contributed by atoms with Gasteiger partial charge in [0.05, 0.1) is 19.4 Å². The minimum Gasteiger partial charge on any atom is -0.467 e. The first-order valence-electron chi connectivity index (χ1n) is 14.6. The third-order valence-electron chi connectivity index (χ3n) is 6.21. The molecule has 0 saturated heterocycles. The van der Waals surface area contributed by atoms with Gasteiger partial charge in [-0.15, -0.1) is 0 Å². The van der Waals surface area contributed by atoms with Gasteiger partial charge in [-0.25, -0.2) is 14.8 Å². The second-order valence-corrected chi connectivity index (χ2v) is 13.9. The molecule has 12 nitrogen and oxygen atoms in total. The monoisotopic (exact) mass is 602 g/mol. The summed E-state index contributed by atoms with van der Waals surface area (Å²) >= 11 is 0. The number of carbonyl (C=O) groups is 3. The largest absolute Gasteiger partial charge is 0.467 e. The van der Waals surface area contributed by atoms with Gasteiger partial charge in [0.25, 0.3) is 5.91 Å². The molecule has 0 radical (unpaired) electrons. The highest BCUT2D eigenvalue weighted by atomic mass is 16.6. The molecule has 2 aromatic rings.